The number of rotatable bonds is 6. The first-order chi connectivity index (χ1) is 11.7. The van der Waals surface area contributed by atoms with Gasteiger partial charge in [0.2, 0.25) is 12.0 Å². The summed E-state index contributed by atoms with van der Waals surface area (Å²) in [4.78, 5) is 12.3. The van der Waals surface area contributed by atoms with Crippen molar-refractivity contribution in [1.82, 2.24) is 4.37 Å². The van der Waals surface area contributed by atoms with E-state index >= 15 is 0 Å². The number of carbonyl (C=O) groups is 1. The fraction of sp³-hybridized carbons (Fsp3) is 0.222. The van der Waals surface area contributed by atoms with Gasteiger partial charge in [0.15, 0.2) is 0 Å². The van der Waals surface area contributed by atoms with Crippen molar-refractivity contribution in [2.45, 2.75) is 19.4 Å². The Kier molecular flexibility index (Phi) is 4.96. The van der Waals surface area contributed by atoms with E-state index in [1.54, 1.807) is 31.2 Å². The van der Waals surface area contributed by atoms with Gasteiger partial charge in [0, 0.05) is 6.42 Å². The van der Waals surface area contributed by atoms with Crippen LogP contribution in [0.1, 0.15) is 12.5 Å². The van der Waals surface area contributed by atoms with Crippen LogP contribution in [0.4, 0.5) is 0 Å². The normalized spacial score (nSPS) is 12.0. The van der Waals surface area contributed by atoms with Crippen molar-refractivity contribution in [1.29, 1.82) is 0 Å². The van der Waals surface area contributed by atoms with E-state index in [1.165, 1.54) is 11.5 Å². The second-order valence-corrected chi connectivity index (χ2v) is 6.02. The summed E-state index contributed by atoms with van der Waals surface area (Å²) < 4.78 is 16.3. The first-order valence-electron chi connectivity index (χ1n) is 7.63. The summed E-state index contributed by atoms with van der Waals surface area (Å²) in [6.07, 6.45) is -0.453. The Bertz CT molecular complexity index is 828. The van der Waals surface area contributed by atoms with E-state index in [2.05, 4.69) is 4.37 Å². The van der Waals surface area contributed by atoms with Gasteiger partial charge in [0.05, 0.1) is 16.7 Å². The third-order valence-corrected chi connectivity index (χ3v) is 4.31. The molecule has 0 amide bonds. The van der Waals surface area contributed by atoms with Crippen LogP contribution in [-0.2, 0) is 16.0 Å². The fourth-order valence-electron chi connectivity index (χ4n) is 2.34. The van der Waals surface area contributed by atoms with Crippen molar-refractivity contribution in [3.63, 3.8) is 0 Å². The Morgan fingerprint density at radius 3 is 2.71 bits per heavy atom. The van der Waals surface area contributed by atoms with Crippen LogP contribution in [0.5, 0.6) is 11.6 Å². The lowest BCUT2D eigenvalue weighted by Gasteiger charge is -2.16. The van der Waals surface area contributed by atoms with Crippen LogP contribution in [0.25, 0.3) is 10.1 Å². The molecule has 5 nitrogen and oxygen atoms in total. The number of phenolic OH excluding ortho intramolecular Hbond substituents is 1. The van der Waals surface area contributed by atoms with Gasteiger partial charge in [-0.1, -0.05) is 24.3 Å². The second kappa shape index (κ2) is 7.31. The number of aromatic hydroxyl groups is 1. The number of benzene rings is 2. The predicted octanol–water partition coefficient (Wildman–Crippen LogP) is 3.56. The molecule has 1 heterocycles. The summed E-state index contributed by atoms with van der Waals surface area (Å²) in [6, 6.07) is 14.4. The quantitative estimate of drug-likeness (QED) is 0.693. The minimum atomic E-state index is -0.792. The number of hydrogen-bond acceptors (Lipinski definition) is 6. The molecule has 2 aromatic carbocycles. The maximum atomic E-state index is 12.3. The molecule has 1 unspecified atom stereocenters. The van der Waals surface area contributed by atoms with Gasteiger partial charge < -0.3 is 14.6 Å². The molecule has 0 aliphatic heterocycles. The number of phenols is 1. The van der Waals surface area contributed by atoms with Crippen molar-refractivity contribution >= 4 is 27.6 Å². The molecule has 0 radical (unpaired) electrons. The Labute approximate surface area is 143 Å². The molecule has 3 aromatic rings. The number of fused-ring (bicyclic) bond motifs is 1. The van der Waals surface area contributed by atoms with Gasteiger partial charge in [-0.25, -0.2) is 4.79 Å². The summed E-state index contributed by atoms with van der Waals surface area (Å²) >= 11 is 1.33. The summed E-state index contributed by atoms with van der Waals surface area (Å²) in [5.41, 5.74) is 0.866. The molecule has 1 N–H and O–H groups in total. The van der Waals surface area contributed by atoms with E-state index in [0.717, 1.165) is 15.6 Å². The van der Waals surface area contributed by atoms with Crippen molar-refractivity contribution in [3.8, 4) is 11.6 Å². The third-order valence-electron chi connectivity index (χ3n) is 3.51. The predicted molar refractivity (Wildman–Crippen MR) is 92.5 cm³/mol. The molecule has 124 valence electrons. The van der Waals surface area contributed by atoms with Gasteiger partial charge in [-0.3, -0.25) is 0 Å². The Morgan fingerprint density at radius 2 is 1.96 bits per heavy atom. The van der Waals surface area contributed by atoms with Gasteiger partial charge in [-0.15, -0.1) is 0 Å². The van der Waals surface area contributed by atoms with E-state index in [1.807, 2.05) is 24.3 Å². The van der Waals surface area contributed by atoms with Gasteiger partial charge in [-0.2, -0.15) is 4.37 Å². The highest BCUT2D eigenvalue weighted by Crippen LogP contribution is 2.29. The van der Waals surface area contributed by atoms with E-state index in [4.69, 9.17) is 9.47 Å². The number of hydrogen-bond donors (Lipinski definition) is 1. The number of ether oxygens (including phenoxy) is 2. The first kappa shape index (κ1) is 16.3. The highest BCUT2D eigenvalue weighted by Gasteiger charge is 2.24. The number of esters is 1. The standard InChI is InChI=1S/C18H17NO4S/c1-2-22-18(21)15(11-12-7-9-13(20)10-8-12)23-17-14-5-3-4-6-16(14)24-19-17/h3-10,15,20H,2,11H2,1H3. The maximum Gasteiger partial charge on any atom is 0.347 e. The summed E-state index contributed by atoms with van der Waals surface area (Å²) in [5.74, 6) is 0.188. The van der Waals surface area contributed by atoms with Crippen LogP contribution in [0.15, 0.2) is 48.5 Å². The van der Waals surface area contributed by atoms with Gasteiger partial charge in [0.1, 0.15) is 5.75 Å². The zero-order valence-electron chi connectivity index (χ0n) is 13.1. The molecule has 1 aromatic heterocycles. The summed E-state index contributed by atoms with van der Waals surface area (Å²) in [7, 11) is 0. The minimum Gasteiger partial charge on any atom is -0.508 e. The maximum absolute atomic E-state index is 12.3. The van der Waals surface area contributed by atoms with Gasteiger partial charge in [0.25, 0.3) is 0 Å². The highest BCUT2D eigenvalue weighted by atomic mass is 32.1. The molecule has 0 aliphatic rings. The SMILES string of the molecule is CCOC(=O)C(Cc1ccc(O)cc1)Oc1nsc2ccccc12. The highest BCUT2D eigenvalue weighted by molar-refractivity contribution is 7.13. The van der Waals surface area contributed by atoms with Crippen molar-refractivity contribution < 1.29 is 19.4 Å². The average Bonchev–Trinajstić information content (AvgIpc) is 2.99. The van der Waals surface area contributed by atoms with Crippen LogP contribution < -0.4 is 4.74 Å². The van der Waals surface area contributed by atoms with Crippen LogP contribution in [0, 0.1) is 0 Å². The van der Waals surface area contributed by atoms with Crippen molar-refractivity contribution in [2.24, 2.45) is 0 Å². The number of aromatic nitrogens is 1. The van der Waals surface area contributed by atoms with Crippen molar-refractivity contribution in [2.75, 3.05) is 6.61 Å². The molecule has 0 spiro atoms. The largest absolute Gasteiger partial charge is 0.508 e. The number of nitrogens with zero attached hydrogens (tertiary/aromatic N) is 1. The zero-order valence-corrected chi connectivity index (χ0v) is 14.0. The molecule has 1 atom stereocenters. The monoisotopic (exact) mass is 343 g/mol. The van der Waals surface area contributed by atoms with Crippen LogP contribution in [0.3, 0.4) is 0 Å². The molecule has 24 heavy (non-hydrogen) atoms. The molecule has 0 bridgehead atoms. The lowest BCUT2D eigenvalue weighted by molar-refractivity contribution is -0.151. The molecule has 6 heteroatoms. The van der Waals surface area contributed by atoms with Crippen LogP contribution in [-0.4, -0.2) is 28.2 Å². The lowest BCUT2D eigenvalue weighted by Crippen LogP contribution is -2.31. The summed E-state index contributed by atoms with van der Waals surface area (Å²) in [5, 5.41) is 10.3. The molecule has 0 fully saturated rings. The minimum absolute atomic E-state index is 0.179. The Balaban J connectivity index is 1.84. The Morgan fingerprint density at radius 1 is 1.21 bits per heavy atom. The molecular weight excluding hydrogens is 326 g/mol. The fourth-order valence-corrected chi connectivity index (χ4v) is 3.05. The topological polar surface area (TPSA) is 68.7 Å². The molecule has 0 aliphatic carbocycles. The second-order valence-electron chi connectivity index (χ2n) is 5.21. The third kappa shape index (κ3) is 3.65. The average molecular weight is 343 g/mol. The smallest absolute Gasteiger partial charge is 0.347 e. The lowest BCUT2D eigenvalue weighted by atomic mass is 10.1. The zero-order chi connectivity index (χ0) is 16.9. The Hall–Kier alpha value is -2.60. The van der Waals surface area contributed by atoms with Gasteiger partial charge in [-0.05, 0) is 48.3 Å². The molecule has 0 saturated heterocycles. The van der Waals surface area contributed by atoms with E-state index in [-0.39, 0.29) is 12.4 Å². The van der Waals surface area contributed by atoms with Crippen LogP contribution in [0.2, 0.25) is 0 Å². The van der Waals surface area contributed by atoms with E-state index in [9.17, 15) is 9.90 Å². The van der Waals surface area contributed by atoms with Gasteiger partial charge >= 0.3 is 5.97 Å². The molecule has 0 saturated carbocycles. The van der Waals surface area contributed by atoms with Crippen molar-refractivity contribution in [3.05, 3.63) is 54.1 Å². The van der Waals surface area contributed by atoms with E-state index in [0.29, 0.717) is 12.3 Å². The van der Waals surface area contributed by atoms with E-state index < -0.39 is 12.1 Å². The molecule has 3 rings (SSSR count). The summed E-state index contributed by atoms with van der Waals surface area (Å²) in [6.45, 7) is 2.04. The first-order valence-corrected chi connectivity index (χ1v) is 8.40. The molecular formula is C18H17NO4S. The number of carbonyl (C=O) groups excluding carboxylic acids is 1. The van der Waals surface area contributed by atoms with Crippen LogP contribution >= 0.6 is 11.5 Å².